The second kappa shape index (κ2) is 15.4. The highest BCUT2D eigenvalue weighted by atomic mass is 14.5. The lowest BCUT2D eigenvalue weighted by Crippen LogP contribution is -2.28. The van der Waals surface area contributed by atoms with Crippen LogP contribution in [0, 0.1) is 0 Å². The Labute approximate surface area is 358 Å². The van der Waals surface area contributed by atoms with E-state index in [-0.39, 0.29) is 0 Å². The summed E-state index contributed by atoms with van der Waals surface area (Å²) in [5.41, 5.74) is 21.5. The van der Waals surface area contributed by atoms with Crippen LogP contribution in [-0.4, -0.2) is 0 Å². The van der Waals surface area contributed by atoms with Crippen molar-refractivity contribution in [1.82, 2.24) is 0 Å². The van der Waals surface area contributed by atoms with E-state index in [0.717, 1.165) is 0 Å². The zero-order valence-electron chi connectivity index (χ0n) is 33.7. The quantitative estimate of drug-likeness (QED) is 0.144. The largest absolute Gasteiger partial charge is 0.0714 e. The summed E-state index contributed by atoms with van der Waals surface area (Å²) in [6.07, 6.45) is 0. The third kappa shape index (κ3) is 6.41. The molecule has 61 heavy (non-hydrogen) atoms. The lowest BCUT2D eigenvalue weighted by Gasteiger charge is -2.34. The van der Waals surface area contributed by atoms with Crippen LogP contribution in [0.4, 0.5) is 0 Å². The Hall–Kier alpha value is -7.80. The number of rotatable bonds is 8. The highest BCUT2D eigenvalue weighted by Gasteiger charge is 2.47. The molecule has 0 spiro atoms. The van der Waals surface area contributed by atoms with Crippen LogP contribution < -0.4 is 0 Å². The molecule has 11 rings (SSSR count). The van der Waals surface area contributed by atoms with E-state index >= 15 is 0 Å². The average molecular weight is 775 g/mol. The van der Waals surface area contributed by atoms with E-state index in [1.807, 2.05) is 0 Å². The molecule has 0 heterocycles. The van der Waals surface area contributed by atoms with Crippen molar-refractivity contribution in [1.29, 1.82) is 0 Å². The van der Waals surface area contributed by atoms with E-state index < -0.39 is 5.41 Å². The Morgan fingerprint density at radius 3 is 1.00 bits per heavy atom. The zero-order chi connectivity index (χ0) is 40.6. The Bertz CT molecular complexity index is 3050. The van der Waals surface area contributed by atoms with E-state index in [9.17, 15) is 0 Å². The topological polar surface area (TPSA) is 0 Å². The van der Waals surface area contributed by atoms with Crippen LogP contribution in [0.1, 0.15) is 22.3 Å². The molecule has 1 aliphatic carbocycles. The Kier molecular flexibility index (Phi) is 9.17. The normalized spacial score (nSPS) is 12.4. The molecule has 0 atom stereocenters. The van der Waals surface area contributed by atoms with Crippen molar-refractivity contribution >= 4 is 0 Å². The molecule has 0 unspecified atom stereocenters. The van der Waals surface area contributed by atoms with Crippen molar-refractivity contribution in [2.24, 2.45) is 0 Å². The predicted molar refractivity (Wildman–Crippen MR) is 256 cm³/mol. The molecule has 0 nitrogen and oxygen atoms in total. The number of benzene rings is 10. The molecule has 0 radical (unpaired) electrons. The van der Waals surface area contributed by atoms with Gasteiger partial charge in [0.25, 0.3) is 0 Å². The van der Waals surface area contributed by atoms with Crippen LogP contribution >= 0.6 is 0 Å². The first-order valence-corrected chi connectivity index (χ1v) is 21.2. The van der Waals surface area contributed by atoms with Crippen LogP contribution in [0.5, 0.6) is 0 Å². The van der Waals surface area contributed by atoms with Gasteiger partial charge in [-0.3, -0.25) is 0 Å². The molecular formula is C61H42. The second-order valence-electron chi connectivity index (χ2n) is 16.0. The molecule has 0 aliphatic heterocycles. The maximum Gasteiger partial charge on any atom is 0.0714 e. The lowest BCUT2D eigenvalue weighted by molar-refractivity contribution is 0.769. The highest BCUT2D eigenvalue weighted by Crippen LogP contribution is 2.59. The van der Waals surface area contributed by atoms with Gasteiger partial charge in [-0.1, -0.05) is 224 Å². The molecule has 0 fully saturated rings. The molecule has 0 N–H and O–H groups in total. The summed E-state index contributed by atoms with van der Waals surface area (Å²) in [4.78, 5) is 0. The summed E-state index contributed by atoms with van der Waals surface area (Å²) >= 11 is 0. The minimum absolute atomic E-state index is 0.612. The summed E-state index contributed by atoms with van der Waals surface area (Å²) < 4.78 is 0. The summed E-state index contributed by atoms with van der Waals surface area (Å²) in [5.74, 6) is 0. The molecule has 0 aromatic heterocycles. The predicted octanol–water partition coefficient (Wildman–Crippen LogP) is 16.1. The number of hydrogen-bond donors (Lipinski definition) is 0. The van der Waals surface area contributed by atoms with E-state index in [4.69, 9.17) is 0 Å². The van der Waals surface area contributed by atoms with Gasteiger partial charge >= 0.3 is 0 Å². The standard InChI is InChI=1S/C61H42/c1-4-18-43(19-5-1)46-24-12-27-49(38-46)51-29-15-32-54(41-51)61(55-33-16-30-52(42-55)50-28-13-25-47(39-50)44-20-6-2-7-21-44)58-36-11-10-34-57(58)60-56(35-17-37-59(60)61)53-31-14-26-48(40-53)45-22-8-3-9-23-45/h1-42H. The minimum atomic E-state index is -0.612. The van der Waals surface area contributed by atoms with Gasteiger partial charge in [-0.05, 0) is 130 Å². The van der Waals surface area contributed by atoms with Crippen LogP contribution in [0.2, 0.25) is 0 Å². The van der Waals surface area contributed by atoms with Crippen molar-refractivity contribution in [2.75, 3.05) is 0 Å². The fourth-order valence-corrected chi connectivity index (χ4v) is 9.74. The fraction of sp³-hybridized carbons (Fsp3) is 0.0164. The molecule has 0 bridgehead atoms. The van der Waals surface area contributed by atoms with Crippen molar-refractivity contribution in [3.05, 3.63) is 277 Å². The van der Waals surface area contributed by atoms with E-state index in [1.165, 1.54) is 100 Å². The first-order valence-electron chi connectivity index (χ1n) is 21.2. The van der Waals surface area contributed by atoms with Gasteiger partial charge in [0, 0.05) is 0 Å². The molecular weight excluding hydrogens is 733 g/mol. The van der Waals surface area contributed by atoms with Crippen molar-refractivity contribution < 1.29 is 0 Å². The van der Waals surface area contributed by atoms with Crippen molar-refractivity contribution in [2.45, 2.75) is 5.41 Å². The number of hydrogen-bond acceptors (Lipinski definition) is 0. The fourth-order valence-electron chi connectivity index (χ4n) is 9.74. The molecule has 0 saturated carbocycles. The lowest BCUT2D eigenvalue weighted by atomic mass is 9.67. The van der Waals surface area contributed by atoms with Gasteiger partial charge in [0.05, 0.1) is 5.41 Å². The molecule has 0 saturated heterocycles. The summed E-state index contributed by atoms with van der Waals surface area (Å²) in [5, 5.41) is 0. The maximum absolute atomic E-state index is 2.45. The van der Waals surface area contributed by atoms with E-state index in [0.29, 0.717) is 0 Å². The van der Waals surface area contributed by atoms with Crippen LogP contribution in [0.25, 0.3) is 77.9 Å². The summed E-state index contributed by atoms with van der Waals surface area (Å²) in [6.45, 7) is 0. The van der Waals surface area contributed by atoms with Gasteiger partial charge in [0.15, 0.2) is 0 Å². The summed E-state index contributed by atoms with van der Waals surface area (Å²) in [7, 11) is 0. The molecule has 10 aromatic rings. The molecule has 10 aromatic carbocycles. The Morgan fingerprint density at radius 2 is 0.508 bits per heavy atom. The van der Waals surface area contributed by atoms with E-state index in [1.54, 1.807) is 0 Å². The zero-order valence-corrected chi connectivity index (χ0v) is 33.7. The highest BCUT2D eigenvalue weighted by molar-refractivity contribution is 5.96. The second-order valence-corrected chi connectivity index (χ2v) is 16.0. The minimum Gasteiger partial charge on any atom is -0.0622 e. The van der Waals surface area contributed by atoms with Gasteiger partial charge in [-0.2, -0.15) is 0 Å². The Balaban J connectivity index is 1.15. The summed E-state index contributed by atoms with van der Waals surface area (Å²) in [6, 6.07) is 93.7. The molecule has 286 valence electrons. The number of fused-ring (bicyclic) bond motifs is 3. The first-order chi connectivity index (χ1) is 30.2. The third-order valence-corrected chi connectivity index (χ3v) is 12.5. The van der Waals surface area contributed by atoms with Gasteiger partial charge < -0.3 is 0 Å². The third-order valence-electron chi connectivity index (χ3n) is 12.5. The first kappa shape index (κ1) is 36.3. The van der Waals surface area contributed by atoms with Gasteiger partial charge in [-0.15, -0.1) is 0 Å². The smallest absolute Gasteiger partial charge is 0.0622 e. The SMILES string of the molecule is c1ccc(-c2cccc(-c3cccc(C4(c5cccc(-c6cccc(-c7ccccc7)c6)c5)c5ccccc5-c5c(-c6cccc(-c7ccccc7)c6)cccc54)c3)c2)cc1. The monoisotopic (exact) mass is 774 g/mol. The van der Waals surface area contributed by atoms with Crippen LogP contribution in [0.15, 0.2) is 255 Å². The molecule has 0 heteroatoms. The van der Waals surface area contributed by atoms with E-state index in [2.05, 4.69) is 255 Å². The molecule has 1 aliphatic rings. The van der Waals surface area contributed by atoms with Gasteiger partial charge in [0.1, 0.15) is 0 Å². The Morgan fingerprint density at radius 1 is 0.197 bits per heavy atom. The van der Waals surface area contributed by atoms with Gasteiger partial charge in [-0.25, -0.2) is 0 Å². The van der Waals surface area contributed by atoms with Crippen molar-refractivity contribution in [3.63, 3.8) is 0 Å². The maximum atomic E-state index is 2.45. The average Bonchev–Trinajstić information content (AvgIpc) is 3.66. The van der Waals surface area contributed by atoms with Gasteiger partial charge in [0.2, 0.25) is 0 Å². The van der Waals surface area contributed by atoms with Crippen molar-refractivity contribution in [3.8, 4) is 77.9 Å². The van der Waals surface area contributed by atoms with Crippen LogP contribution in [0.3, 0.4) is 0 Å². The van der Waals surface area contributed by atoms with Crippen LogP contribution in [-0.2, 0) is 5.41 Å². The molecule has 0 amide bonds.